The molecule has 4 aromatic rings. The minimum Gasteiger partial charge on any atom is -0.453 e. The van der Waals surface area contributed by atoms with E-state index in [0.29, 0.717) is 40.8 Å². The summed E-state index contributed by atoms with van der Waals surface area (Å²) in [6.45, 7) is 8.67. The number of rotatable bonds is 11. The molecule has 0 bridgehead atoms. The first-order chi connectivity index (χ1) is 27.3. The van der Waals surface area contributed by atoms with Crippen molar-refractivity contribution in [3.63, 3.8) is 0 Å². The Balaban J connectivity index is 1.08. The Hall–Kier alpha value is -5.90. The van der Waals surface area contributed by atoms with Gasteiger partial charge in [-0.3, -0.25) is 9.59 Å². The number of nitrogens with one attached hydrogen (secondary N) is 4. The molecule has 1 saturated carbocycles. The summed E-state index contributed by atoms with van der Waals surface area (Å²) in [7, 11) is 1.25. The molecule has 3 atom stereocenters. The normalized spacial score (nSPS) is 18.9. The van der Waals surface area contributed by atoms with Crippen molar-refractivity contribution in [1.29, 1.82) is 0 Å². The van der Waals surface area contributed by atoms with E-state index in [9.17, 15) is 27.6 Å². The van der Waals surface area contributed by atoms with E-state index < -0.39 is 36.2 Å². The molecule has 0 spiro atoms. The van der Waals surface area contributed by atoms with Crippen LogP contribution in [0.4, 0.5) is 29.5 Å². The number of amides is 3. The molecule has 300 valence electrons. The summed E-state index contributed by atoms with van der Waals surface area (Å²) in [5.41, 5.74) is 3.42. The molecule has 1 aliphatic carbocycles. The molecule has 16 heteroatoms. The molecule has 0 unspecified atom stereocenters. The second-order valence-corrected chi connectivity index (χ2v) is 14.9. The van der Waals surface area contributed by atoms with Crippen LogP contribution in [0.15, 0.2) is 78.6 Å². The van der Waals surface area contributed by atoms with Crippen LogP contribution in [0.1, 0.15) is 55.8 Å². The molecule has 4 N–H and O–H groups in total. The summed E-state index contributed by atoms with van der Waals surface area (Å²) in [5.74, 6) is 0.119. The highest BCUT2D eigenvalue weighted by molar-refractivity contribution is 6.05. The Bertz CT molecular complexity index is 2130. The quantitative estimate of drug-likeness (QED) is 0.122. The Morgan fingerprint density at radius 1 is 0.982 bits per heavy atom. The Labute approximate surface area is 328 Å². The summed E-state index contributed by atoms with van der Waals surface area (Å²) >= 11 is 0. The van der Waals surface area contributed by atoms with E-state index in [1.165, 1.54) is 25.4 Å². The third-order valence-corrected chi connectivity index (χ3v) is 10.5. The molecular weight excluding hydrogens is 741 g/mol. The largest absolute Gasteiger partial charge is 0.573 e. The molecule has 0 radical (unpaired) electrons. The van der Waals surface area contributed by atoms with Gasteiger partial charge in [0.15, 0.2) is 0 Å². The SMILES string of the molecule is COC(=O)N[C@H](C(=O)N1CC(C2CC2)=C[C@H]1c1ncc(-c2ccc(-c3ccc(C(=O)Nc4ccc(N5CCNC[C@H]5C)nc4)cc3OC(F)(F)F)cc2)[nH]1)C(C)C. The number of ether oxygens (including phenoxy) is 2. The second-order valence-electron chi connectivity index (χ2n) is 14.9. The lowest BCUT2D eigenvalue weighted by atomic mass is 10.00. The van der Waals surface area contributed by atoms with Crippen molar-refractivity contribution >= 4 is 29.4 Å². The smallest absolute Gasteiger partial charge is 0.453 e. The fraction of sp³-hybridized carbons (Fsp3) is 0.390. The Kier molecular flexibility index (Phi) is 11.2. The van der Waals surface area contributed by atoms with Crippen LogP contribution < -0.4 is 25.6 Å². The monoisotopic (exact) mass is 786 g/mol. The van der Waals surface area contributed by atoms with Crippen molar-refractivity contribution in [3.8, 4) is 28.1 Å². The van der Waals surface area contributed by atoms with Gasteiger partial charge in [0.1, 0.15) is 29.5 Å². The number of H-pyrrole nitrogens is 1. The van der Waals surface area contributed by atoms with Gasteiger partial charge in [0.05, 0.1) is 30.9 Å². The lowest BCUT2D eigenvalue weighted by molar-refractivity contribution is -0.274. The maximum atomic E-state index is 13.9. The minimum atomic E-state index is -5.01. The van der Waals surface area contributed by atoms with E-state index in [0.717, 1.165) is 49.9 Å². The number of benzene rings is 2. The number of hydrogen-bond donors (Lipinski definition) is 4. The van der Waals surface area contributed by atoms with E-state index in [-0.39, 0.29) is 29.0 Å². The second kappa shape index (κ2) is 16.3. The Morgan fingerprint density at radius 3 is 2.39 bits per heavy atom. The van der Waals surface area contributed by atoms with Crippen molar-refractivity contribution < 1.29 is 37.0 Å². The van der Waals surface area contributed by atoms with E-state index in [1.807, 2.05) is 13.8 Å². The summed E-state index contributed by atoms with van der Waals surface area (Å²) in [4.78, 5) is 55.4. The number of anilines is 2. The highest BCUT2D eigenvalue weighted by atomic mass is 19.4. The number of alkyl carbamates (subject to hydrolysis) is 1. The molecular formula is C41H45F3N8O5. The fourth-order valence-electron chi connectivity index (χ4n) is 7.27. The van der Waals surface area contributed by atoms with Gasteiger partial charge in [-0.05, 0) is 78.6 Å². The molecule has 13 nitrogen and oxygen atoms in total. The molecule has 7 rings (SSSR count). The van der Waals surface area contributed by atoms with Gasteiger partial charge in [-0.25, -0.2) is 14.8 Å². The average molecular weight is 787 g/mol. The number of pyridine rings is 1. The van der Waals surface area contributed by atoms with Crippen molar-refractivity contribution in [2.75, 3.05) is 43.5 Å². The number of carbonyl (C=O) groups excluding carboxylic acids is 3. The summed E-state index contributed by atoms with van der Waals surface area (Å²) in [6.07, 6.45) is 1.63. The lowest BCUT2D eigenvalue weighted by Crippen LogP contribution is -2.51. The van der Waals surface area contributed by atoms with Gasteiger partial charge in [-0.2, -0.15) is 0 Å². The first-order valence-corrected chi connectivity index (χ1v) is 18.9. The number of alkyl halides is 3. The highest BCUT2D eigenvalue weighted by Gasteiger charge is 2.41. The predicted molar refractivity (Wildman–Crippen MR) is 207 cm³/mol. The van der Waals surface area contributed by atoms with Crippen LogP contribution in [-0.2, 0) is 9.53 Å². The maximum Gasteiger partial charge on any atom is 0.573 e. The minimum absolute atomic E-state index is 0.0291. The van der Waals surface area contributed by atoms with Gasteiger partial charge in [0, 0.05) is 43.3 Å². The molecule has 2 aromatic heterocycles. The van der Waals surface area contributed by atoms with Gasteiger partial charge >= 0.3 is 12.5 Å². The van der Waals surface area contributed by atoms with Gasteiger partial charge in [0.25, 0.3) is 5.91 Å². The molecule has 3 amide bonds. The van der Waals surface area contributed by atoms with E-state index >= 15 is 0 Å². The topological polar surface area (TPSA) is 154 Å². The van der Waals surface area contributed by atoms with Crippen molar-refractivity contribution in [3.05, 3.63) is 90.0 Å². The van der Waals surface area contributed by atoms with Crippen LogP contribution in [0.2, 0.25) is 0 Å². The van der Waals surface area contributed by atoms with E-state index in [2.05, 4.69) is 53.5 Å². The Morgan fingerprint density at radius 2 is 1.74 bits per heavy atom. The van der Waals surface area contributed by atoms with E-state index in [1.54, 1.807) is 47.5 Å². The van der Waals surface area contributed by atoms with Crippen LogP contribution in [-0.4, -0.2) is 89.5 Å². The van der Waals surface area contributed by atoms with Crippen LogP contribution in [0.25, 0.3) is 22.4 Å². The molecule has 2 aromatic carbocycles. The van der Waals surface area contributed by atoms with Crippen LogP contribution in [0.5, 0.6) is 5.75 Å². The van der Waals surface area contributed by atoms with Crippen LogP contribution in [0, 0.1) is 11.8 Å². The first kappa shape index (κ1) is 39.3. The lowest BCUT2D eigenvalue weighted by Gasteiger charge is -2.34. The number of hydrogen-bond acceptors (Lipinski definition) is 9. The zero-order valence-electron chi connectivity index (χ0n) is 32.0. The number of carbonyl (C=O) groups is 3. The number of imidazole rings is 1. The third-order valence-electron chi connectivity index (χ3n) is 10.5. The van der Waals surface area contributed by atoms with Crippen LogP contribution >= 0.6 is 0 Å². The molecule has 1 saturated heterocycles. The molecule has 3 aliphatic rings. The summed E-state index contributed by atoms with van der Waals surface area (Å²) in [6, 6.07) is 13.2. The number of halogens is 3. The number of piperazine rings is 1. The fourth-order valence-corrected chi connectivity index (χ4v) is 7.27. The van der Waals surface area contributed by atoms with Crippen molar-refractivity contribution in [2.45, 2.75) is 58.1 Å². The molecule has 4 heterocycles. The molecule has 2 aliphatic heterocycles. The predicted octanol–water partition coefficient (Wildman–Crippen LogP) is 6.69. The average Bonchev–Trinajstić information content (AvgIpc) is 3.75. The first-order valence-electron chi connectivity index (χ1n) is 18.9. The van der Waals surface area contributed by atoms with Crippen molar-refractivity contribution in [1.82, 2.24) is 30.5 Å². The number of aromatic nitrogens is 3. The molecule has 2 fully saturated rings. The van der Waals surface area contributed by atoms with Crippen LogP contribution in [0.3, 0.4) is 0 Å². The maximum absolute atomic E-state index is 13.9. The number of aromatic amines is 1. The zero-order chi connectivity index (χ0) is 40.4. The van der Waals surface area contributed by atoms with Gasteiger partial charge in [0.2, 0.25) is 5.91 Å². The van der Waals surface area contributed by atoms with Gasteiger partial charge in [-0.1, -0.05) is 44.2 Å². The number of nitrogens with zero attached hydrogens (tertiary/aromatic N) is 4. The highest BCUT2D eigenvalue weighted by Crippen LogP contribution is 2.43. The summed E-state index contributed by atoms with van der Waals surface area (Å²) in [5, 5.41) is 8.71. The number of methoxy groups -OCH3 is 1. The van der Waals surface area contributed by atoms with Gasteiger partial charge < -0.3 is 40.2 Å². The van der Waals surface area contributed by atoms with E-state index in [4.69, 9.17) is 4.74 Å². The van der Waals surface area contributed by atoms with Gasteiger partial charge in [-0.15, -0.1) is 13.2 Å². The third kappa shape index (κ3) is 9.06. The zero-order valence-corrected chi connectivity index (χ0v) is 32.0. The molecule has 57 heavy (non-hydrogen) atoms. The summed E-state index contributed by atoms with van der Waals surface area (Å²) < 4.78 is 50.2. The standard InChI is InChI=1S/C41H45F3N8O5/c1-23(2)36(50-40(55)56-4)39(54)52-22-29(25-5-6-25)17-33(52)37-47-21-32(49-37)27-9-7-26(8-10-27)31-13-11-28(18-34(31)57-41(42,43)44)38(53)48-30-12-14-35(46-20-30)51-16-15-45-19-24(51)3/h7-14,17-18,20-21,23-25,33,36,45H,5-6,15-16,19,22H2,1-4H3,(H,47,49)(H,48,53)(H,50,55)/t24-,33+,36+/m1/s1. The van der Waals surface area contributed by atoms with Crippen molar-refractivity contribution in [2.24, 2.45) is 11.8 Å².